The first kappa shape index (κ1) is 21.9. The number of pyridine rings is 1. The molecule has 2 aromatic heterocycles. The van der Waals surface area contributed by atoms with Gasteiger partial charge in [-0.2, -0.15) is 4.39 Å². The molecule has 1 unspecified atom stereocenters. The van der Waals surface area contributed by atoms with Crippen LogP contribution in [0.3, 0.4) is 0 Å². The smallest absolute Gasteiger partial charge is 0.213 e. The molecule has 0 amide bonds. The molecule has 3 heterocycles. The third-order valence-electron chi connectivity index (χ3n) is 6.28. The molecule has 33 heavy (non-hydrogen) atoms. The topological polar surface area (TPSA) is 92.6 Å². The van der Waals surface area contributed by atoms with Crippen LogP contribution in [-0.2, 0) is 4.74 Å². The Hall–Kier alpha value is -2.88. The minimum Gasteiger partial charge on any atom is -0.488 e. The van der Waals surface area contributed by atoms with E-state index >= 15 is 0 Å². The summed E-state index contributed by atoms with van der Waals surface area (Å²) in [5.74, 6) is 0.155. The number of hydrogen-bond acceptors (Lipinski definition) is 8. The number of aliphatic hydroxyl groups is 1. The molecule has 1 aromatic carbocycles. The summed E-state index contributed by atoms with van der Waals surface area (Å²) in [6.45, 7) is 3.10. The highest BCUT2D eigenvalue weighted by molar-refractivity contribution is 5.85. The van der Waals surface area contributed by atoms with Crippen LogP contribution in [0.2, 0.25) is 0 Å². The lowest BCUT2D eigenvalue weighted by Gasteiger charge is -2.32. The molecule has 3 aromatic rings. The zero-order valence-corrected chi connectivity index (χ0v) is 18.4. The lowest BCUT2D eigenvalue weighted by atomic mass is 9.92. The van der Waals surface area contributed by atoms with Gasteiger partial charge in [0.2, 0.25) is 5.95 Å². The van der Waals surface area contributed by atoms with E-state index < -0.39 is 12.2 Å². The highest BCUT2D eigenvalue weighted by Crippen LogP contribution is 2.33. The van der Waals surface area contributed by atoms with Gasteiger partial charge >= 0.3 is 0 Å². The summed E-state index contributed by atoms with van der Waals surface area (Å²) in [5, 5.41) is 13.5. The van der Waals surface area contributed by atoms with Crippen molar-refractivity contribution in [3.63, 3.8) is 0 Å². The van der Waals surface area contributed by atoms with Gasteiger partial charge in [-0.3, -0.25) is 10.3 Å². The van der Waals surface area contributed by atoms with Crippen molar-refractivity contribution in [3.05, 3.63) is 54.4 Å². The van der Waals surface area contributed by atoms with Crippen molar-refractivity contribution >= 4 is 16.7 Å². The number of morpholine rings is 1. The summed E-state index contributed by atoms with van der Waals surface area (Å²) in [6, 6.07) is 8.66. The Balaban J connectivity index is 1.24. The zero-order chi connectivity index (χ0) is 22.6. The van der Waals surface area contributed by atoms with Crippen LogP contribution in [0, 0.1) is 5.95 Å². The minimum absolute atomic E-state index is 0.0534. The molecular weight excluding hydrogens is 425 g/mol. The van der Waals surface area contributed by atoms with Crippen LogP contribution in [0.1, 0.15) is 37.6 Å². The van der Waals surface area contributed by atoms with E-state index in [1.807, 2.05) is 0 Å². The van der Waals surface area contributed by atoms with Gasteiger partial charge in [0.1, 0.15) is 17.5 Å². The van der Waals surface area contributed by atoms with E-state index in [9.17, 15) is 9.50 Å². The highest BCUT2D eigenvalue weighted by atomic mass is 19.1. The number of benzene rings is 1. The number of ether oxygens (including phenoxy) is 2. The first-order valence-corrected chi connectivity index (χ1v) is 11.5. The first-order valence-electron chi connectivity index (χ1n) is 11.5. The summed E-state index contributed by atoms with van der Waals surface area (Å²) in [7, 11) is 0. The van der Waals surface area contributed by atoms with Crippen LogP contribution in [0.4, 0.5) is 10.1 Å². The SMILES string of the molecule is OC(N[C@H]1CC[C@@H](Oc2cc(N3CCOCC3)cc3nccnc23)CC1)c1cccc(F)n1. The van der Waals surface area contributed by atoms with E-state index in [0.717, 1.165) is 61.2 Å². The van der Waals surface area contributed by atoms with Gasteiger partial charge in [0.15, 0.2) is 0 Å². The Kier molecular flexibility index (Phi) is 6.61. The highest BCUT2D eigenvalue weighted by Gasteiger charge is 2.26. The first-order chi connectivity index (χ1) is 16.2. The summed E-state index contributed by atoms with van der Waals surface area (Å²) >= 11 is 0. The van der Waals surface area contributed by atoms with Crippen molar-refractivity contribution in [2.24, 2.45) is 0 Å². The molecule has 1 atom stereocenters. The number of fused-ring (bicyclic) bond motifs is 1. The number of nitrogens with zero attached hydrogens (tertiary/aromatic N) is 4. The number of nitrogens with one attached hydrogen (secondary N) is 1. The maximum atomic E-state index is 13.3. The van der Waals surface area contributed by atoms with E-state index in [1.54, 1.807) is 24.5 Å². The van der Waals surface area contributed by atoms with Gasteiger partial charge in [-0.15, -0.1) is 0 Å². The number of aliphatic hydroxyl groups excluding tert-OH is 1. The maximum Gasteiger partial charge on any atom is 0.213 e. The molecule has 1 aliphatic heterocycles. The van der Waals surface area contributed by atoms with Crippen molar-refractivity contribution in [2.75, 3.05) is 31.2 Å². The quantitative estimate of drug-likeness (QED) is 0.435. The molecule has 8 nitrogen and oxygen atoms in total. The Morgan fingerprint density at radius 2 is 1.88 bits per heavy atom. The largest absolute Gasteiger partial charge is 0.488 e. The molecule has 9 heteroatoms. The molecule has 0 bridgehead atoms. The Bertz CT molecular complexity index is 1090. The molecule has 2 fully saturated rings. The van der Waals surface area contributed by atoms with E-state index in [1.165, 1.54) is 6.07 Å². The van der Waals surface area contributed by atoms with Crippen LogP contribution in [0.5, 0.6) is 5.75 Å². The van der Waals surface area contributed by atoms with Crippen molar-refractivity contribution in [1.82, 2.24) is 20.3 Å². The van der Waals surface area contributed by atoms with Crippen LogP contribution in [-0.4, -0.2) is 58.5 Å². The second kappa shape index (κ2) is 9.94. The molecule has 1 saturated carbocycles. The Labute approximate surface area is 191 Å². The normalized spacial score (nSPS) is 22.3. The van der Waals surface area contributed by atoms with E-state index in [4.69, 9.17) is 9.47 Å². The summed E-state index contributed by atoms with van der Waals surface area (Å²) in [6.07, 6.45) is 5.80. The fourth-order valence-electron chi connectivity index (χ4n) is 4.53. The van der Waals surface area contributed by atoms with Crippen molar-refractivity contribution < 1.29 is 19.0 Å². The summed E-state index contributed by atoms with van der Waals surface area (Å²) in [5.41, 5.74) is 2.95. The van der Waals surface area contributed by atoms with Gasteiger partial charge in [-0.25, -0.2) is 9.97 Å². The number of hydrogen-bond donors (Lipinski definition) is 2. The van der Waals surface area contributed by atoms with Crippen LogP contribution in [0.25, 0.3) is 11.0 Å². The summed E-state index contributed by atoms with van der Waals surface area (Å²) < 4.78 is 25.3. The number of halogens is 1. The van der Waals surface area contributed by atoms with Crippen LogP contribution in [0.15, 0.2) is 42.7 Å². The van der Waals surface area contributed by atoms with E-state index in [0.29, 0.717) is 18.9 Å². The molecule has 0 radical (unpaired) electrons. The predicted octanol–water partition coefficient (Wildman–Crippen LogP) is 2.97. The number of aromatic nitrogens is 3. The molecular formula is C24H28FN5O3. The molecule has 174 valence electrons. The summed E-state index contributed by atoms with van der Waals surface area (Å²) in [4.78, 5) is 15.1. The average molecular weight is 454 g/mol. The fraction of sp³-hybridized carbons (Fsp3) is 0.458. The van der Waals surface area contributed by atoms with E-state index in [-0.39, 0.29) is 12.1 Å². The van der Waals surface area contributed by atoms with Gasteiger partial charge in [-0.1, -0.05) is 6.07 Å². The monoisotopic (exact) mass is 453 g/mol. The Morgan fingerprint density at radius 1 is 1.09 bits per heavy atom. The lowest BCUT2D eigenvalue weighted by Crippen LogP contribution is -2.38. The standard InChI is InChI=1S/C24H28FN5O3/c25-22-3-1-2-19(29-22)24(31)28-16-4-6-18(7-5-16)33-21-15-17(30-10-12-32-13-11-30)14-20-23(21)27-9-8-26-20/h1-3,8-9,14-16,18,24,28,31H,4-7,10-13H2/t16-,18+,24?. The Morgan fingerprint density at radius 3 is 2.67 bits per heavy atom. The third kappa shape index (κ3) is 5.21. The number of rotatable bonds is 6. The van der Waals surface area contributed by atoms with Gasteiger partial charge in [0.05, 0.1) is 30.5 Å². The van der Waals surface area contributed by atoms with Gasteiger partial charge in [-0.05, 0) is 43.9 Å². The predicted molar refractivity (Wildman–Crippen MR) is 122 cm³/mol. The molecule has 0 spiro atoms. The van der Waals surface area contributed by atoms with Gasteiger partial charge < -0.3 is 19.5 Å². The molecule has 1 aliphatic carbocycles. The molecule has 2 N–H and O–H groups in total. The lowest BCUT2D eigenvalue weighted by molar-refractivity contribution is 0.0861. The van der Waals surface area contributed by atoms with Crippen LogP contribution >= 0.6 is 0 Å². The third-order valence-corrected chi connectivity index (χ3v) is 6.28. The van der Waals surface area contributed by atoms with E-state index in [2.05, 4.69) is 37.3 Å². The molecule has 5 rings (SSSR count). The van der Waals surface area contributed by atoms with Crippen LogP contribution < -0.4 is 15.0 Å². The fourth-order valence-corrected chi connectivity index (χ4v) is 4.53. The zero-order valence-electron chi connectivity index (χ0n) is 18.4. The van der Waals surface area contributed by atoms with Gasteiger partial charge in [0.25, 0.3) is 0 Å². The maximum absolute atomic E-state index is 13.3. The second-order valence-corrected chi connectivity index (χ2v) is 8.51. The average Bonchev–Trinajstić information content (AvgIpc) is 2.85. The molecule has 2 aliphatic rings. The van der Waals surface area contributed by atoms with Crippen molar-refractivity contribution in [1.29, 1.82) is 0 Å². The van der Waals surface area contributed by atoms with Crippen molar-refractivity contribution in [3.8, 4) is 5.75 Å². The second-order valence-electron chi connectivity index (χ2n) is 8.51. The number of anilines is 1. The molecule has 1 saturated heterocycles. The minimum atomic E-state index is -0.993. The van der Waals surface area contributed by atoms with Crippen molar-refractivity contribution in [2.45, 2.75) is 44.1 Å². The van der Waals surface area contributed by atoms with Gasteiger partial charge in [0, 0.05) is 43.3 Å².